The molecule has 3 aromatic rings. The Labute approximate surface area is 226 Å². The normalized spacial score (nSPS) is 19.8. The molecule has 194 valence electrons. The molecule has 0 heterocycles. The molecular weight excluding hydrogens is 444 g/mol. The maximum atomic E-state index is 4.33. The van der Waals surface area contributed by atoms with E-state index in [1.54, 1.807) is 0 Å². The second-order valence-corrected chi connectivity index (χ2v) is 11.2. The molecule has 0 radical (unpaired) electrons. The summed E-state index contributed by atoms with van der Waals surface area (Å²) in [5.41, 5.74) is 11.1. The predicted octanol–water partition coefficient (Wildman–Crippen LogP) is 10.8. The zero-order valence-corrected chi connectivity index (χ0v) is 24.4. The fourth-order valence-electron chi connectivity index (χ4n) is 6.64. The average Bonchev–Trinajstić information content (AvgIpc) is 3.29. The Morgan fingerprint density at radius 1 is 0.676 bits per heavy atom. The summed E-state index contributed by atoms with van der Waals surface area (Å²) in [6.07, 6.45) is 8.12. The first-order valence-electron chi connectivity index (χ1n) is 14.0. The van der Waals surface area contributed by atoms with E-state index in [0.29, 0.717) is 0 Å². The molecular formula is C37H46. The Balaban J connectivity index is 0.000000907. The van der Waals surface area contributed by atoms with Crippen molar-refractivity contribution in [2.45, 2.75) is 84.5 Å². The lowest BCUT2D eigenvalue weighted by Gasteiger charge is -2.31. The number of hydrogen-bond acceptors (Lipinski definition) is 0. The van der Waals surface area contributed by atoms with Crippen LogP contribution in [0.15, 0.2) is 98.1 Å². The molecule has 1 unspecified atom stereocenters. The number of fused-ring (bicyclic) bond motifs is 4. The molecule has 1 atom stereocenters. The van der Waals surface area contributed by atoms with E-state index >= 15 is 0 Å². The van der Waals surface area contributed by atoms with E-state index in [9.17, 15) is 0 Å². The minimum Gasteiger partial charge on any atom is -0.0991 e. The Morgan fingerprint density at radius 2 is 1.22 bits per heavy atom. The molecule has 0 saturated heterocycles. The average molecular weight is 491 g/mol. The first kappa shape index (κ1) is 28.5. The van der Waals surface area contributed by atoms with Crippen LogP contribution >= 0.6 is 0 Å². The molecule has 2 aliphatic rings. The van der Waals surface area contributed by atoms with Gasteiger partial charge in [-0.2, -0.15) is 0 Å². The second-order valence-electron chi connectivity index (χ2n) is 11.2. The van der Waals surface area contributed by atoms with Crippen LogP contribution in [0.1, 0.15) is 96.0 Å². The van der Waals surface area contributed by atoms with Crippen molar-refractivity contribution in [1.82, 2.24) is 0 Å². The minimum absolute atomic E-state index is 0.0287. The van der Waals surface area contributed by atoms with E-state index in [2.05, 4.69) is 114 Å². The zero-order chi connectivity index (χ0) is 27.4. The largest absolute Gasteiger partial charge is 0.0991 e. The molecule has 0 heteroatoms. The molecule has 3 aromatic carbocycles. The Hall–Kier alpha value is -3.12. The fourth-order valence-corrected chi connectivity index (χ4v) is 6.64. The van der Waals surface area contributed by atoms with Gasteiger partial charge in [0.1, 0.15) is 0 Å². The molecule has 0 N–H and O–H groups in total. The minimum atomic E-state index is 0.0287. The number of rotatable bonds is 4. The molecule has 0 nitrogen and oxygen atoms in total. The molecule has 5 rings (SSSR count). The Morgan fingerprint density at radius 3 is 1.78 bits per heavy atom. The van der Waals surface area contributed by atoms with Gasteiger partial charge in [-0.25, -0.2) is 0 Å². The molecule has 1 spiro atoms. The summed E-state index contributed by atoms with van der Waals surface area (Å²) in [5.74, 6) is 0. The first-order valence-corrected chi connectivity index (χ1v) is 14.0. The smallest absolute Gasteiger partial charge is 0.0225 e. The van der Waals surface area contributed by atoms with Crippen molar-refractivity contribution >= 4 is 5.57 Å². The van der Waals surface area contributed by atoms with Crippen LogP contribution in [0.3, 0.4) is 0 Å². The summed E-state index contributed by atoms with van der Waals surface area (Å²) in [7, 11) is 0. The van der Waals surface area contributed by atoms with Gasteiger partial charge < -0.3 is 0 Å². The quantitative estimate of drug-likeness (QED) is 0.319. The van der Waals surface area contributed by atoms with E-state index in [1.165, 1.54) is 38.9 Å². The highest BCUT2D eigenvalue weighted by atomic mass is 14.6. The summed E-state index contributed by atoms with van der Waals surface area (Å²) in [6, 6.07) is 25.0. The highest BCUT2D eigenvalue weighted by molar-refractivity contribution is 5.75. The molecule has 0 amide bonds. The molecule has 2 aliphatic carbocycles. The SMILES string of the molecule is C=C/C=C\C(=C)c1ccc2c(c1)C1(CC2(C)C)CC(C)(C)c2ccc(-c3ccccc3)cc21.CC.CC. The Kier molecular flexibility index (Phi) is 8.53. The molecule has 0 fully saturated rings. The topological polar surface area (TPSA) is 0 Å². The van der Waals surface area contributed by atoms with E-state index < -0.39 is 0 Å². The van der Waals surface area contributed by atoms with Crippen LogP contribution < -0.4 is 0 Å². The molecule has 0 bridgehead atoms. The molecule has 0 aliphatic heterocycles. The lowest BCUT2D eigenvalue weighted by molar-refractivity contribution is 0.349. The van der Waals surface area contributed by atoms with Gasteiger partial charge in [-0.3, -0.25) is 0 Å². The lowest BCUT2D eigenvalue weighted by Crippen LogP contribution is -2.27. The van der Waals surface area contributed by atoms with Gasteiger partial charge in [-0.1, -0.05) is 141 Å². The van der Waals surface area contributed by atoms with Crippen LogP contribution in [0.5, 0.6) is 0 Å². The van der Waals surface area contributed by atoms with Crippen LogP contribution in [0, 0.1) is 0 Å². The van der Waals surface area contributed by atoms with Crippen molar-refractivity contribution in [3.63, 3.8) is 0 Å². The second kappa shape index (κ2) is 11.1. The van der Waals surface area contributed by atoms with E-state index in [1.807, 2.05) is 39.8 Å². The highest BCUT2D eigenvalue weighted by Crippen LogP contribution is 2.63. The summed E-state index contributed by atoms with van der Waals surface area (Å²) in [6.45, 7) is 25.8. The summed E-state index contributed by atoms with van der Waals surface area (Å²) in [5, 5.41) is 0. The van der Waals surface area contributed by atoms with Crippen LogP contribution in [0.25, 0.3) is 16.7 Å². The van der Waals surface area contributed by atoms with Crippen LogP contribution in [0.4, 0.5) is 0 Å². The lowest BCUT2D eigenvalue weighted by atomic mass is 9.72. The predicted molar refractivity (Wildman–Crippen MR) is 165 cm³/mol. The van der Waals surface area contributed by atoms with Crippen molar-refractivity contribution < 1.29 is 0 Å². The van der Waals surface area contributed by atoms with Gasteiger partial charge in [0.2, 0.25) is 0 Å². The number of hydrogen-bond donors (Lipinski definition) is 0. The van der Waals surface area contributed by atoms with Crippen molar-refractivity contribution in [1.29, 1.82) is 0 Å². The standard InChI is InChI=1S/C33H34.2C2H6/c1-7-8-12-23(2)25-15-17-27-29(19-25)33(21-31(27,3)4)22-32(5,6)28-18-16-26(20-30(28)33)24-13-10-9-11-14-24;2*1-2/h7-20H,1-2,21-22H2,3-6H3;2*1-2H3/b12-8-;;. The van der Waals surface area contributed by atoms with Crippen molar-refractivity contribution in [2.75, 3.05) is 0 Å². The monoisotopic (exact) mass is 490 g/mol. The van der Waals surface area contributed by atoms with Crippen molar-refractivity contribution in [3.05, 3.63) is 126 Å². The molecule has 0 aromatic heterocycles. The van der Waals surface area contributed by atoms with Gasteiger partial charge in [0.25, 0.3) is 0 Å². The first-order chi connectivity index (χ1) is 17.7. The van der Waals surface area contributed by atoms with Gasteiger partial charge in [-0.15, -0.1) is 0 Å². The molecule has 0 saturated carbocycles. The molecule has 37 heavy (non-hydrogen) atoms. The van der Waals surface area contributed by atoms with Gasteiger partial charge in [0, 0.05) is 5.41 Å². The van der Waals surface area contributed by atoms with E-state index in [0.717, 1.165) is 18.4 Å². The van der Waals surface area contributed by atoms with E-state index in [-0.39, 0.29) is 16.2 Å². The van der Waals surface area contributed by atoms with Crippen LogP contribution in [0.2, 0.25) is 0 Å². The van der Waals surface area contributed by atoms with E-state index in [4.69, 9.17) is 0 Å². The van der Waals surface area contributed by atoms with Gasteiger partial charge >= 0.3 is 0 Å². The van der Waals surface area contributed by atoms with Crippen molar-refractivity contribution in [2.24, 2.45) is 0 Å². The van der Waals surface area contributed by atoms with Crippen molar-refractivity contribution in [3.8, 4) is 11.1 Å². The third kappa shape index (κ3) is 5.04. The summed E-state index contributed by atoms with van der Waals surface area (Å²) >= 11 is 0. The highest BCUT2D eigenvalue weighted by Gasteiger charge is 2.56. The fraction of sp³-hybridized carbons (Fsp3) is 0.351. The third-order valence-electron chi connectivity index (χ3n) is 7.93. The van der Waals surface area contributed by atoms with Gasteiger partial charge in [-0.05, 0) is 80.3 Å². The van der Waals surface area contributed by atoms with Gasteiger partial charge in [0.15, 0.2) is 0 Å². The number of allylic oxidation sites excluding steroid dienone is 4. The number of benzene rings is 3. The van der Waals surface area contributed by atoms with Crippen LogP contribution in [-0.2, 0) is 16.2 Å². The maximum absolute atomic E-state index is 4.33. The summed E-state index contributed by atoms with van der Waals surface area (Å²) in [4.78, 5) is 0. The third-order valence-corrected chi connectivity index (χ3v) is 7.93. The Bertz CT molecular complexity index is 1280. The maximum Gasteiger partial charge on any atom is 0.0225 e. The van der Waals surface area contributed by atoms with Crippen LogP contribution in [-0.4, -0.2) is 0 Å². The zero-order valence-electron chi connectivity index (χ0n) is 24.4. The van der Waals surface area contributed by atoms with Gasteiger partial charge in [0.05, 0.1) is 0 Å². The summed E-state index contributed by atoms with van der Waals surface area (Å²) < 4.78 is 0.